The maximum Gasteiger partial charge on any atom is 0.246 e. The molecule has 0 unspecified atom stereocenters. The first-order chi connectivity index (χ1) is 13.1. The highest BCUT2D eigenvalue weighted by Crippen LogP contribution is 2.38. The molecule has 3 N–H and O–H groups in total. The highest BCUT2D eigenvalue weighted by molar-refractivity contribution is 7.18. The number of ether oxygens (including phenoxy) is 1. The van der Waals surface area contributed by atoms with Crippen molar-refractivity contribution >= 4 is 33.3 Å². The number of carbonyl (C=O) groups is 1. The summed E-state index contributed by atoms with van der Waals surface area (Å²) in [5.41, 5.74) is 6.58. The van der Waals surface area contributed by atoms with Gasteiger partial charge in [0.1, 0.15) is 23.1 Å². The summed E-state index contributed by atoms with van der Waals surface area (Å²) >= 11 is 1.62. The zero-order chi connectivity index (χ0) is 19.0. The fourth-order valence-electron chi connectivity index (χ4n) is 4.19. The predicted octanol–water partition coefficient (Wildman–Crippen LogP) is 2.29. The average molecular weight is 390 g/mol. The van der Waals surface area contributed by atoms with Crippen molar-refractivity contribution in [3.63, 3.8) is 0 Å². The molecule has 0 spiro atoms. The van der Waals surface area contributed by atoms with Gasteiger partial charge in [0.2, 0.25) is 5.91 Å². The standard InChI is InChI=1S/C19H27N5O2S/c1-3-24(2)12-6-4-11(5-7-12)23-18-16-13-8-14(17(20)25)26-9-15(13)27-19(16)22-10-21-18/h10-12,14H,3-9H2,1-2H3,(H2,20,25)(H,21,22,23)/t11-,12-,14-/m1/s1. The molecule has 1 aliphatic heterocycles. The number of anilines is 1. The molecule has 1 saturated carbocycles. The summed E-state index contributed by atoms with van der Waals surface area (Å²) < 4.78 is 5.59. The minimum absolute atomic E-state index is 0.412. The van der Waals surface area contributed by atoms with Crippen molar-refractivity contribution in [3.05, 3.63) is 16.8 Å². The number of carbonyl (C=O) groups excluding carboxylic acids is 1. The van der Waals surface area contributed by atoms with E-state index in [4.69, 9.17) is 10.5 Å². The van der Waals surface area contributed by atoms with Gasteiger partial charge in [-0.25, -0.2) is 9.97 Å². The molecule has 0 bridgehead atoms. The Morgan fingerprint density at radius 1 is 1.37 bits per heavy atom. The van der Waals surface area contributed by atoms with Gasteiger partial charge in [-0.3, -0.25) is 4.79 Å². The van der Waals surface area contributed by atoms with Crippen molar-refractivity contribution in [2.45, 2.75) is 63.8 Å². The zero-order valence-electron chi connectivity index (χ0n) is 15.9. The molecule has 0 aromatic carbocycles. The SMILES string of the molecule is CCN(C)[C@H]1CC[C@H](Nc2ncnc3sc4c(c23)C[C@H](C(N)=O)OC4)CC1. The highest BCUT2D eigenvalue weighted by atomic mass is 32.1. The lowest BCUT2D eigenvalue weighted by Gasteiger charge is -2.34. The number of amides is 1. The summed E-state index contributed by atoms with van der Waals surface area (Å²) in [6, 6.07) is 1.10. The van der Waals surface area contributed by atoms with E-state index in [-0.39, 0.29) is 0 Å². The summed E-state index contributed by atoms with van der Waals surface area (Å²) in [6.45, 7) is 3.72. The molecule has 1 atom stereocenters. The van der Waals surface area contributed by atoms with E-state index in [2.05, 4.69) is 34.2 Å². The Bertz CT molecular complexity index is 831. The Morgan fingerprint density at radius 2 is 2.15 bits per heavy atom. The second-order valence-electron chi connectivity index (χ2n) is 7.54. The predicted molar refractivity (Wildman–Crippen MR) is 107 cm³/mol. The molecule has 1 amide bonds. The van der Waals surface area contributed by atoms with Gasteiger partial charge in [0.05, 0.1) is 12.0 Å². The van der Waals surface area contributed by atoms with Crippen molar-refractivity contribution in [3.8, 4) is 0 Å². The van der Waals surface area contributed by atoms with E-state index in [1.54, 1.807) is 17.7 Å². The van der Waals surface area contributed by atoms with Crippen LogP contribution in [0.5, 0.6) is 0 Å². The number of aromatic nitrogens is 2. The fraction of sp³-hybridized carbons (Fsp3) is 0.632. The van der Waals surface area contributed by atoms with E-state index < -0.39 is 12.0 Å². The molecule has 4 rings (SSSR count). The number of hydrogen-bond acceptors (Lipinski definition) is 7. The number of rotatable bonds is 5. The van der Waals surface area contributed by atoms with Gasteiger partial charge in [-0.2, -0.15) is 0 Å². The molecule has 2 aliphatic rings. The van der Waals surface area contributed by atoms with Crippen molar-refractivity contribution < 1.29 is 9.53 Å². The third-order valence-corrected chi connectivity index (χ3v) is 7.07. The minimum Gasteiger partial charge on any atom is -0.367 e. The van der Waals surface area contributed by atoms with E-state index in [0.717, 1.165) is 45.9 Å². The molecule has 8 heteroatoms. The van der Waals surface area contributed by atoms with E-state index in [1.807, 2.05) is 0 Å². The van der Waals surface area contributed by atoms with Crippen LogP contribution in [-0.4, -0.2) is 52.6 Å². The number of primary amides is 1. The van der Waals surface area contributed by atoms with Crippen molar-refractivity contribution in [1.29, 1.82) is 0 Å². The summed E-state index contributed by atoms with van der Waals surface area (Å²) in [5, 5.41) is 4.70. The van der Waals surface area contributed by atoms with E-state index in [0.29, 0.717) is 25.1 Å². The molecule has 146 valence electrons. The van der Waals surface area contributed by atoms with Gasteiger partial charge >= 0.3 is 0 Å². The van der Waals surface area contributed by atoms with Gasteiger partial charge in [-0.1, -0.05) is 6.92 Å². The normalized spacial score (nSPS) is 25.5. The van der Waals surface area contributed by atoms with E-state index in [1.165, 1.54) is 12.8 Å². The minimum atomic E-state index is -0.566. The number of hydrogen-bond donors (Lipinski definition) is 2. The van der Waals surface area contributed by atoms with Gasteiger partial charge in [-0.15, -0.1) is 11.3 Å². The van der Waals surface area contributed by atoms with Gasteiger partial charge in [0.25, 0.3) is 0 Å². The first-order valence-corrected chi connectivity index (χ1v) is 10.5. The number of nitrogens with one attached hydrogen (secondary N) is 1. The largest absolute Gasteiger partial charge is 0.367 e. The molecule has 2 aromatic rings. The lowest BCUT2D eigenvalue weighted by Crippen LogP contribution is -2.38. The number of nitrogens with two attached hydrogens (primary N) is 1. The van der Waals surface area contributed by atoms with E-state index in [9.17, 15) is 4.79 Å². The second-order valence-corrected chi connectivity index (χ2v) is 8.62. The molecule has 3 heterocycles. The van der Waals surface area contributed by atoms with Crippen LogP contribution in [-0.2, 0) is 22.6 Å². The first-order valence-electron chi connectivity index (χ1n) is 9.69. The molecular formula is C19H27N5O2S. The van der Waals surface area contributed by atoms with E-state index >= 15 is 0 Å². The van der Waals surface area contributed by atoms with Crippen LogP contribution in [0.25, 0.3) is 10.2 Å². The van der Waals surface area contributed by atoms with Crippen LogP contribution < -0.4 is 11.1 Å². The molecule has 0 saturated heterocycles. The topological polar surface area (TPSA) is 93.4 Å². The fourth-order valence-corrected chi connectivity index (χ4v) is 5.28. The van der Waals surface area contributed by atoms with Crippen LogP contribution in [0.1, 0.15) is 43.0 Å². The Labute approximate surface area is 163 Å². The van der Waals surface area contributed by atoms with Gasteiger partial charge in [0, 0.05) is 23.4 Å². The van der Waals surface area contributed by atoms with Crippen LogP contribution in [0.2, 0.25) is 0 Å². The van der Waals surface area contributed by atoms with Crippen molar-refractivity contribution in [2.24, 2.45) is 5.73 Å². The van der Waals surface area contributed by atoms with Gasteiger partial charge < -0.3 is 20.7 Å². The number of thiophene rings is 1. The average Bonchev–Trinajstić information content (AvgIpc) is 3.06. The molecule has 1 fully saturated rings. The first kappa shape index (κ1) is 18.6. The molecule has 2 aromatic heterocycles. The van der Waals surface area contributed by atoms with Gasteiger partial charge in [0.15, 0.2) is 0 Å². The lowest BCUT2D eigenvalue weighted by molar-refractivity contribution is -0.130. The molecule has 0 radical (unpaired) electrons. The Morgan fingerprint density at radius 3 is 2.85 bits per heavy atom. The van der Waals surface area contributed by atoms with Gasteiger partial charge in [-0.05, 0) is 44.8 Å². The molecular weight excluding hydrogens is 362 g/mol. The summed E-state index contributed by atoms with van der Waals surface area (Å²) in [7, 11) is 2.21. The monoisotopic (exact) mass is 389 g/mol. The van der Waals surface area contributed by atoms with Crippen molar-refractivity contribution in [2.75, 3.05) is 18.9 Å². The third kappa shape index (κ3) is 3.66. The number of fused-ring (bicyclic) bond motifs is 3. The van der Waals surface area contributed by atoms with Crippen LogP contribution in [0, 0.1) is 0 Å². The van der Waals surface area contributed by atoms with Crippen molar-refractivity contribution in [1.82, 2.24) is 14.9 Å². The molecule has 1 aliphatic carbocycles. The maximum atomic E-state index is 11.6. The van der Waals surface area contributed by atoms with Crippen LogP contribution >= 0.6 is 11.3 Å². The van der Waals surface area contributed by atoms with Crippen LogP contribution in [0.4, 0.5) is 5.82 Å². The Hall–Kier alpha value is -1.77. The highest BCUT2D eigenvalue weighted by Gasteiger charge is 2.30. The number of nitrogens with zero attached hydrogens (tertiary/aromatic N) is 3. The molecule has 7 nitrogen and oxygen atoms in total. The summed E-state index contributed by atoms with van der Waals surface area (Å²) in [5.74, 6) is 0.472. The summed E-state index contributed by atoms with van der Waals surface area (Å²) in [6.07, 6.45) is 6.24. The Kier molecular flexibility index (Phi) is 5.29. The van der Waals surface area contributed by atoms with Crippen LogP contribution in [0.3, 0.4) is 0 Å². The summed E-state index contributed by atoms with van der Waals surface area (Å²) in [4.78, 5) is 25.1. The molecule has 27 heavy (non-hydrogen) atoms. The lowest BCUT2D eigenvalue weighted by atomic mass is 9.90. The second kappa shape index (κ2) is 7.69. The van der Waals surface area contributed by atoms with Crippen LogP contribution in [0.15, 0.2) is 6.33 Å². The maximum absolute atomic E-state index is 11.6. The quantitative estimate of drug-likeness (QED) is 0.815. The zero-order valence-corrected chi connectivity index (χ0v) is 16.7. The smallest absolute Gasteiger partial charge is 0.246 e. The Balaban J connectivity index is 1.55. The third-order valence-electron chi connectivity index (χ3n) is 5.95.